The molecule has 3 aromatic rings. The molecular formula is C19H21N7O2S2. The molecule has 0 radical (unpaired) electrons. The summed E-state index contributed by atoms with van der Waals surface area (Å²) in [5, 5.41) is 20.6. The third-order valence-electron chi connectivity index (χ3n) is 4.72. The second-order valence-electron chi connectivity index (χ2n) is 6.98. The highest BCUT2D eigenvalue weighted by molar-refractivity contribution is 7.99. The molecule has 4 rings (SSSR count). The third kappa shape index (κ3) is 5.03. The zero-order chi connectivity index (χ0) is 20.9. The molecule has 0 spiro atoms. The van der Waals surface area contributed by atoms with Crippen molar-refractivity contribution in [2.24, 2.45) is 0 Å². The van der Waals surface area contributed by atoms with Crippen molar-refractivity contribution in [2.75, 3.05) is 16.4 Å². The van der Waals surface area contributed by atoms with Gasteiger partial charge in [0.15, 0.2) is 5.13 Å². The van der Waals surface area contributed by atoms with Crippen LogP contribution in [0.1, 0.15) is 38.6 Å². The van der Waals surface area contributed by atoms with Crippen LogP contribution in [0.5, 0.6) is 0 Å². The first kappa shape index (κ1) is 20.5. The van der Waals surface area contributed by atoms with E-state index in [2.05, 4.69) is 31.1 Å². The van der Waals surface area contributed by atoms with Crippen LogP contribution < -0.4 is 10.6 Å². The van der Waals surface area contributed by atoms with Gasteiger partial charge in [-0.3, -0.25) is 9.59 Å². The van der Waals surface area contributed by atoms with Gasteiger partial charge >= 0.3 is 0 Å². The molecule has 0 saturated heterocycles. The highest BCUT2D eigenvalue weighted by Gasteiger charge is 2.22. The van der Waals surface area contributed by atoms with E-state index in [0.717, 1.165) is 29.8 Å². The van der Waals surface area contributed by atoms with Gasteiger partial charge in [-0.05, 0) is 35.4 Å². The van der Waals surface area contributed by atoms with Gasteiger partial charge in [0, 0.05) is 23.6 Å². The quantitative estimate of drug-likeness (QED) is 0.536. The Kier molecular flexibility index (Phi) is 6.38. The number of hydrogen-bond donors (Lipinski definition) is 2. The number of thiazole rings is 1. The van der Waals surface area contributed by atoms with Crippen molar-refractivity contribution in [3.63, 3.8) is 0 Å². The Morgan fingerprint density at radius 3 is 2.70 bits per heavy atom. The maximum Gasteiger partial charge on any atom is 0.236 e. The summed E-state index contributed by atoms with van der Waals surface area (Å²) in [4.78, 5) is 27.9. The second kappa shape index (κ2) is 9.35. The number of carbonyl (C=O) groups is 2. The van der Waals surface area contributed by atoms with E-state index < -0.39 is 0 Å². The van der Waals surface area contributed by atoms with E-state index in [-0.39, 0.29) is 17.6 Å². The maximum atomic E-state index is 12.4. The smallest absolute Gasteiger partial charge is 0.236 e. The van der Waals surface area contributed by atoms with Crippen LogP contribution in [0.4, 0.5) is 10.8 Å². The number of benzene rings is 1. The van der Waals surface area contributed by atoms with E-state index in [1.54, 1.807) is 0 Å². The molecule has 0 atom stereocenters. The molecule has 2 heterocycles. The van der Waals surface area contributed by atoms with Crippen LogP contribution in [0.2, 0.25) is 0 Å². The lowest BCUT2D eigenvalue weighted by atomic mass is 10.1. The molecule has 1 aliphatic rings. The largest absolute Gasteiger partial charge is 0.326 e. The van der Waals surface area contributed by atoms with Crippen molar-refractivity contribution in [1.82, 2.24) is 25.2 Å². The highest BCUT2D eigenvalue weighted by Crippen LogP contribution is 2.31. The summed E-state index contributed by atoms with van der Waals surface area (Å²) in [6, 6.07) is 7.73. The summed E-state index contributed by atoms with van der Waals surface area (Å²) in [5.74, 6) is -0.0487. The number of hydrogen-bond acceptors (Lipinski definition) is 8. The molecule has 156 valence electrons. The van der Waals surface area contributed by atoms with Crippen LogP contribution in [0, 0.1) is 0 Å². The Bertz CT molecular complexity index is 1030. The Hall–Kier alpha value is -2.79. The summed E-state index contributed by atoms with van der Waals surface area (Å²) < 4.78 is 1.84. The normalized spacial score (nSPS) is 14.0. The molecule has 0 bridgehead atoms. The molecule has 0 aliphatic heterocycles. The minimum atomic E-state index is -0.150. The molecular weight excluding hydrogens is 422 g/mol. The van der Waals surface area contributed by atoms with Gasteiger partial charge in [-0.2, -0.15) is 0 Å². The van der Waals surface area contributed by atoms with E-state index in [0.29, 0.717) is 16.3 Å². The zero-order valence-electron chi connectivity index (χ0n) is 16.4. The lowest BCUT2D eigenvalue weighted by molar-refractivity contribution is -0.114. The average Bonchev–Trinajstić information content (AvgIpc) is 3.48. The van der Waals surface area contributed by atoms with E-state index in [9.17, 15) is 9.59 Å². The van der Waals surface area contributed by atoms with Crippen LogP contribution in [0.25, 0.3) is 11.3 Å². The van der Waals surface area contributed by atoms with Crippen molar-refractivity contribution < 1.29 is 9.59 Å². The molecule has 9 nitrogen and oxygen atoms in total. The lowest BCUT2D eigenvalue weighted by Crippen LogP contribution is -2.15. The van der Waals surface area contributed by atoms with Crippen molar-refractivity contribution >= 4 is 45.7 Å². The summed E-state index contributed by atoms with van der Waals surface area (Å²) >= 11 is 2.70. The number of tetrazole rings is 1. The van der Waals surface area contributed by atoms with Gasteiger partial charge < -0.3 is 10.6 Å². The summed E-state index contributed by atoms with van der Waals surface area (Å²) in [7, 11) is 0. The standard InChI is InChI=1S/C19H21N7O2S2/c1-12(27)20-14-8-6-13(7-9-14)16-10-29-18(21-16)22-17(28)11-30-19-23-24-25-26(19)15-4-2-3-5-15/h6-10,15H,2-5,11H2,1H3,(H,20,27)(H,21,22,28). The molecule has 2 aromatic heterocycles. The summed E-state index contributed by atoms with van der Waals surface area (Å²) in [6.45, 7) is 1.47. The average molecular weight is 444 g/mol. The van der Waals surface area contributed by atoms with Crippen LogP contribution in [0.3, 0.4) is 0 Å². The van der Waals surface area contributed by atoms with Crippen molar-refractivity contribution in [3.8, 4) is 11.3 Å². The number of nitrogens with one attached hydrogen (secondary N) is 2. The predicted octanol–water partition coefficient (Wildman–Crippen LogP) is 3.60. The van der Waals surface area contributed by atoms with E-state index in [1.165, 1.54) is 42.9 Å². The fourth-order valence-electron chi connectivity index (χ4n) is 3.34. The van der Waals surface area contributed by atoms with Crippen molar-refractivity contribution in [1.29, 1.82) is 0 Å². The first-order valence-corrected chi connectivity index (χ1v) is 11.5. The fourth-order valence-corrected chi connectivity index (χ4v) is 4.82. The zero-order valence-corrected chi connectivity index (χ0v) is 18.0. The number of aromatic nitrogens is 5. The Morgan fingerprint density at radius 2 is 1.97 bits per heavy atom. The first-order valence-electron chi connectivity index (χ1n) is 9.62. The summed E-state index contributed by atoms with van der Waals surface area (Å²) in [5.41, 5.74) is 2.40. The van der Waals surface area contributed by atoms with Crippen LogP contribution >= 0.6 is 23.1 Å². The minimum absolute atomic E-state index is 0.114. The highest BCUT2D eigenvalue weighted by atomic mass is 32.2. The maximum absolute atomic E-state index is 12.4. The van der Waals surface area contributed by atoms with Gasteiger partial charge in [0.1, 0.15) is 0 Å². The van der Waals surface area contributed by atoms with Crippen molar-refractivity contribution in [2.45, 2.75) is 43.8 Å². The Labute approximate surface area is 181 Å². The van der Waals surface area contributed by atoms with Crippen LogP contribution in [-0.4, -0.2) is 42.8 Å². The number of carbonyl (C=O) groups excluding carboxylic acids is 2. The molecule has 1 aromatic carbocycles. The van der Waals surface area contributed by atoms with Gasteiger partial charge in [-0.25, -0.2) is 9.67 Å². The van der Waals surface area contributed by atoms with E-state index in [4.69, 9.17) is 0 Å². The molecule has 1 fully saturated rings. The van der Waals surface area contributed by atoms with Gasteiger partial charge in [-0.15, -0.1) is 16.4 Å². The molecule has 1 saturated carbocycles. The molecule has 11 heteroatoms. The van der Waals surface area contributed by atoms with Crippen LogP contribution in [0.15, 0.2) is 34.8 Å². The molecule has 1 aliphatic carbocycles. The van der Waals surface area contributed by atoms with Gasteiger partial charge in [-0.1, -0.05) is 36.7 Å². The number of nitrogens with zero attached hydrogens (tertiary/aromatic N) is 5. The number of thioether (sulfide) groups is 1. The Morgan fingerprint density at radius 1 is 1.20 bits per heavy atom. The van der Waals surface area contributed by atoms with Gasteiger partial charge in [0.25, 0.3) is 0 Å². The predicted molar refractivity (Wildman–Crippen MR) is 117 cm³/mol. The van der Waals surface area contributed by atoms with Crippen molar-refractivity contribution in [3.05, 3.63) is 29.6 Å². The third-order valence-corrected chi connectivity index (χ3v) is 6.41. The number of anilines is 2. The van der Waals surface area contributed by atoms with E-state index >= 15 is 0 Å². The molecule has 2 amide bonds. The number of amides is 2. The monoisotopic (exact) mass is 443 g/mol. The second-order valence-corrected chi connectivity index (χ2v) is 8.78. The SMILES string of the molecule is CC(=O)Nc1ccc(-c2csc(NC(=O)CSc3nnnn3C3CCCC3)n2)cc1. The minimum Gasteiger partial charge on any atom is -0.326 e. The van der Waals surface area contributed by atoms with Gasteiger partial charge in [0.2, 0.25) is 17.0 Å². The van der Waals surface area contributed by atoms with E-state index in [1.807, 2.05) is 34.3 Å². The van der Waals surface area contributed by atoms with Crippen LogP contribution in [-0.2, 0) is 9.59 Å². The Balaban J connectivity index is 1.32. The van der Waals surface area contributed by atoms with Gasteiger partial charge in [0.05, 0.1) is 17.5 Å². The topological polar surface area (TPSA) is 115 Å². The molecule has 30 heavy (non-hydrogen) atoms. The number of rotatable bonds is 7. The fraction of sp³-hybridized carbons (Fsp3) is 0.368. The molecule has 2 N–H and O–H groups in total. The summed E-state index contributed by atoms with van der Waals surface area (Å²) in [6.07, 6.45) is 4.55. The first-order chi connectivity index (χ1) is 14.6. The lowest BCUT2D eigenvalue weighted by Gasteiger charge is -2.10. The molecule has 0 unspecified atom stereocenters.